The Balaban J connectivity index is 1.86. The van der Waals surface area contributed by atoms with Gasteiger partial charge in [-0.2, -0.15) is 0 Å². The van der Waals surface area contributed by atoms with E-state index in [1.807, 2.05) is 18.2 Å². The van der Waals surface area contributed by atoms with Crippen molar-refractivity contribution in [1.82, 2.24) is 5.32 Å². The molecule has 128 valence electrons. The summed E-state index contributed by atoms with van der Waals surface area (Å²) >= 11 is 11.2. The summed E-state index contributed by atoms with van der Waals surface area (Å²) in [6, 6.07) is 14.4. The van der Waals surface area contributed by atoms with Crippen LogP contribution in [-0.2, 0) is 4.79 Å². The summed E-state index contributed by atoms with van der Waals surface area (Å²) in [7, 11) is 0. The van der Waals surface area contributed by atoms with Crippen molar-refractivity contribution in [3.8, 4) is 5.75 Å². The van der Waals surface area contributed by atoms with E-state index >= 15 is 0 Å². The number of carbonyl (C=O) groups is 1. The molecule has 25 heavy (non-hydrogen) atoms. The lowest BCUT2D eigenvalue weighted by Gasteiger charge is -2.09. The Morgan fingerprint density at radius 3 is 2.60 bits per heavy atom. The van der Waals surface area contributed by atoms with Crippen LogP contribution in [0.5, 0.6) is 5.75 Å². The van der Waals surface area contributed by atoms with Crippen LogP contribution in [0.1, 0.15) is 5.56 Å². The lowest BCUT2D eigenvalue weighted by atomic mass is 10.2. The largest absolute Gasteiger partial charge is 0.490 e. The van der Waals surface area contributed by atoms with Crippen molar-refractivity contribution in [3.05, 3.63) is 77.8 Å². The van der Waals surface area contributed by atoms with Crippen molar-refractivity contribution in [2.24, 2.45) is 0 Å². The number of benzene rings is 2. The monoisotopic (exact) mass is 372 g/mol. The molecule has 2 rings (SSSR count). The maximum Gasteiger partial charge on any atom is 0.250 e. The highest BCUT2D eigenvalue weighted by atomic mass is 35.5. The molecule has 0 aromatic heterocycles. The molecule has 0 unspecified atom stereocenters. The number of halogens is 1. The molecule has 4 nitrogen and oxygen atoms in total. The Morgan fingerprint density at radius 1 is 1.20 bits per heavy atom. The standard InChI is InChI=1S/C19H17ClN2O2S/c1-2-13-24-16-10-8-15(9-11-16)21-19(25)22-18(23)12-7-14-5-3-4-6-17(14)20/h2-12H,1,13H2,(H2,21,22,23,25)/b12-7+. The third-order valence-electron chi connectivity index (χ3n) is 3.04. The van der Waals surface area contributed by atoms with Crippen LogP contribution < -0.4 is 15.4 Å². The summed E-state index contributed by atoms with van der Waals surface area (Å²) < 4.78 is 5.39. The maximum absolute atomic E-state index is 11.9. The molecule has 1 amide bonds. The molecule has 0 radical (unpaired) electrons. The highest BCUT2D eigenvalue weighted by Gasteiger charge is 2.03. The molecule has 0 fully saturated rings. The predicted octanol–water partition coefficient (Wildman–Crippen LogP) is 4.43. The molecule has 2 N–H and O–H groups in total. The van der Waals surface area contributed by atoms with Gasteiger partial charge in [-0.25, -0.2) is 0 Å². The third-order valence-corrected chi connectivity index (χ3v) is 3.58. The second kappa shape index (κ2) is 9.61. The van der Waals surface area contributed by atoms with Crippen LogP contribution in [0, 0.1) is 0 Å². The van der Waals surface area contributed by atoms with Gasteiger partial charge in [-0.3, -0.25) is 10.1 Å². The van der Waals surface area contributed by atoms with Crippen LogP contribution in [0.25, 0.3) is 6.08 Å². The van der Waals surface area contributed by atoms with Crippen LogP contribution in [0.15, 0.2) is 67.3 Å². The molecule has 0 spiro atoms. The van der Waals surface area contributed by atoms with Crippen molar-refractivity contribution < 1.29 is 9.53 Å². The fourth-order valence-electron chi connectivity index (χ4n) is 1.88. The Bertz CT molecular complexity index is 788. The van der Waals surface area contributed by atoms with Crippen LogP contribution in [0.2, 0.25) is 5.02 Å². The maximum atomic E-state index is 11.9. The molecule has 0 saturated heterocycles. The van der Waals surface area contributed by atoms with Crippen molar-refractivity contribution in [3.63, 3.8) is 0 Å². The number of carbonyl (C=O) groups excluding carboxylic acids is 1. The zero-order valence-electron chi connectivity index (χ0n) is 13.4. The van der Waals surface area contributed by atoms with Gasteiger partial charge in [0.15, 0.2) is 5.11 Å². The number of anilines is 1. The summed E-state index contributed by atoms with van der Waals surface area (Å²) in [5.74, 6) is 0.381. The van der Waals surface area contributed by atoms with Crippen molar-refractivity contribution in [1.29, 1.82) is 0 Å². The molecule has 2 aromatic carbocycles. The van der Waals surface area contributed by atoms with Crippen LogP contribution >= 0.6 is 23.8 Å². The molecule has 0 saturated carbocycles. The average Bonchev–Trinajstić information content (AvgIpc) is 2.60. The molecule has 0 atom stereocenters. The zero-order chi connectivity index (χ0) is 18.1. The Labute approximate surface area is 157 Å². The number of nitrogens with one attached hydrogen (secondary N) is 2. The molecule has 0 bridgehead atoms. The highest BCUT2D eigenvalue weighted by Crippen LogP contribution is 2.16. The van der Waals surface area contributed by atoms with E-state index in [4.69, 9.17) is 28.6 Å². The highest BCUT2D eigenvalue weighted by molar-refractivity contribution is 7.80. The Kier molecular flexibility index (Phi) is 7.19. The summed E-state index contributed by atoms with van der Waals surface area (Å²) in [4.78, 5) is 11.9. The zero-order valence-corrected chi connectivity index (χ0v) is 14.9. The molecule has 0 aliphatic heterocycles. The number of hydrogen-bond acceptors (Lipinski definition) is 3. The predicted molar refractivity (Wildman–Crippen MR) is 107 cm³/mol. The summed E-state index contributed by atoms with van der Waals surface area (Å²) in [6.45, 7) is 4.04. The minimum Gasteiger partial charge on any atom is -0.490 e. The first kappa shape index (κ1) is 18.7. The van der Waals surface area contributed by atoms with Crippen molar-refractivity contribution in [2.75, 3.05) is 11.9 Å². The SMILES string of the molecule is C=CCOc1ccc(NC(=S)NC(=O)/C=C/c2ccccc2Cl)cc1. The van der Waals surface area contributed by atoms with E-state index in [1.54, 1.807) is 42.5 Å². The summed E-state index contributed by atoms with van der Waals surface area (Å²) in [6.07, 6.45) is 4.68. The van der Waals surface area contributed by atoms with Gasteiger partial charge in [0.25, 0.3) is 0 Å². The Morgan fingerprint density at radius 2 is 1.92 bits per heavy atom. The number of thiocarbonyl (C=S) groups is 1. The van der Waals surface area contributed by atoms with Crippen molar-refractivity contribution in [2.45, 2.75) is 0 Å². The van der Waals surface area contributed by atoms with Gasteiger partial charge in [-0.15, -0.1) is 0 Å². The van der Waals surface area contributed by atoms with Gasteiger partial charge in [-0.05, 0) is 54.2 Å². The molecule has 0 aliphatic rings. The normalized spacial score (nSPS) is 10.3. The third kappa shape index (κ3) is 6.41. The van der Waals surface area contributed by atoms with E-state index in [0.29, 0.717) is 11.6 Å². The first-order valence-corrected chi connectivity index (χ1v) is 8.25. The number of rotatable bonds is 6. The van der Waals surface area contributed by atoms with Gasteiger partial charge in [-0.1, -0.05) is 42.5 Å². The van der Waals surface area contributed by atoms with E-state index in [-0.39, 0.29) is 11.0 Å². The van der Waals surface area contributed by atoms with Gasteiger partial charge >= 0.3 is 0 Å². The lowest BCUT2D eigenvalue weighted by Crippen LogP contribution is -2.32. The van der Waals surface area contributed by atoms with Crippen molar-refractivity contribution >= 4 is 46.6 Å². The van der Waals surface area contributed by atoms with Gasteiger partial charge < -0.3 is 10.1 Å². The first-order valence-electron chi connectivity index (χ1n) is 7.47. The van der Waals surface area contributed by atoms with Crippen LogP contribution in [-0.4, -0.2) is 17.6 Å². The summed E-state index contributed by atoms with van der Waals surface area (Å²) in [5.41, 5.74) is 1.50. The smallest absolute Gasteiger partial charge is 0.250 e. The van der Waals surface area contributed by atoms with E-state index in [1.165, 1.54) is 6.08 Å². The van der Waals surface area contributed by atoms with Crippen LogP contribution in [0.4, 0.5) is 5.69 Å². The second-order valence-electron chi connectivity index (χ2n) is 4.92. The lowest BCUT2D eigenvalue weighted by molar-refractivity contribution is -0.115. The van der Waals surface area contributed by atoms with Crippen LogP contribution in [0.3, 0.4) is 0 Å². The van der Waals surface area contributed by atoms with E-state index in [0.717, 1.165) is 17.0 Å². The van der Waals surface area contributed by atoms with Gasteiger partial charge in [0, 0.05) is 16.8 Å². The molecule has 2 aromatic rings. The fourth-order valence-corrected chi connectivity index (χ4v) is 2.30. The Hall–Kier alpha value is -2.63. The minimum atomic E-state index is -0.344. The molecular formula is C19H17ClN2O2S. The first-order chi connectivity index (χ1) is 12.1. The summed E-state index contributed by atoms with van der Waals surface area (Å²) in [5, 5.41) is 6.28. The van der Waals surface area contributed by atoms with Gasteiger partial charge in [0.1, 0.15) is 12.4 Å². The van der Waals surface area contributed by atoms with Gasteiger partial charge in [0.2, 0.25) is 5.91 Å². The van der Waals surface area contributed by atoms with E-state index in [9.17, 15) is 4.79 Å². The number of hydrogen-bond donors (Lipinski definition) is 2. The molecule has 0 aliphatic carbocycles. The fraction of sp³-hybridized carbons (Fsp3) is 0.0526. The molecule has 0 heterocycles. The number of amides is 1. The minimum absolute atomic E-state index is 0.202. The quantitative estimate of drug-likeness (QED) is 0.447. The second-order valence-corrected chi connectivity index (χ2v) is 5.74. The van der Waals surface area contributed by atoms with Gasteiger partial charge in [0.05, 0.1) is 0 Å². The average molecular weight is 373 g/mol. The molecule has 6 heteroatoms. The topological polar surface area (TPSA) is 50.4 Å². The number of ether oxygens (including phenoxy) is 1. The molecular weight excluding hydrogens is 356 g/mol. The van der Waals surface area contributed by atoms with E-state index < -0.39 is 0 Å². The van der Waals surface area contributed by atoms with E-state index in [2.05, 4.69) is 17.2 Å².